The molecule has 1 amide bonds. The molecular formula is C18H18FNOS. The maximum Gasteiger partial charge on any atom is 0.237 e. The summed E-state index contributed by atoms with van der Waals surface area (Å²) in [5.74, 6) is -0.000815. The second-order valence-electron chi connectivity index (χ2n) is 5.50. The number of thioether (sulfide) groups is 1. The molecule has 4 heteroatoms. The predicted octanol–water partition coefficient (Wildman–Crippen LogP) is 4.21. The van der Waals surface area contributed by atoms with Crippen LogP contribution >= 0.6 is 11.8 Å². The normalized spacial score (nSPS) is 13.8. The fourth-order valence-electron chi connectivity index (χ4n) is 2.71. The van der Waals surface area contributed by atoms with Crippen molar-refractivity contribution in [3.8, 4) is 0 Å². The molecule has 3 rings (SSSR count). The van der Waals surface area contributed by atoms with E-state index in [0.717, 1.165) is 23.3 Å². The summed E-state index contributed by atoms with van der Waals surface area (Å²) in [6, 6.07) is 13.1. The van der Waals surface area contributed by atoms with Gasteiger partial charge in [-0.2, -0.15) is 0 Å². The second kappa shape index (κ2) is 6.53. The highest BCUT2D eigenvalue weighted by Gasteiger charge is 2.25. The Morgan fingerprint density at radius 3 is 2.77 bits per heavy atom. The Hall–Kier alpha value is -1.81. The van der Waals surface area contributed by atoms with Gasteiger partial charge in [0, 0.05) is 11.4 Å². The van der Waals surface area contributed by atoms with Crippen LogP contribution in [0.3, 0.4) is 0 Å². The summed E-state index contributed by atoms with van der Waals surface area (Å²) >= 11 is 1.50. The molecule has 0 spiro atoms. The summed E-state index contributed by atoms with van der Waals surface area (Å²) in [5.41, 5.74) is 2.60. The van der Waals surface area contributed by atoms with Crippen molar-refractivity contribution >= 4 is 23.4 Å². The van der Waals surface area contributed by atoms with Gasteiger partial charge >= 0.3 is 0 Å². The van der Waals surface area contributed by atoms with Gasteiger partial charge in [-0.15, -0.1) is 11.8 Å². The Kier molecular flexibility index (Phi) is 4.48. The van der Waals surface area contributed by atoms with Crippen molar-refractivity contribution < 1.29 is 9.18 Å². The maximum absolute atomic E-state index is 14.1. The lowest BCUT2D eigenvalue weighted by Crippen LogP contribution is -2.37. The minimum absolute atomic E-state index is 0.0309. The van der Waals surface area contributed by atoms with Gasteiger partial charge < -0.3 is 4.90 Å². The number of anilines is 1. The number of aryl methyl sites for hydroxylation is 2. The van der Waals surface area contributed by atoms with Crippen LogP contribution in [0.2, 0.25) is 0 Å². The van der Waals surface area contributed by atoms with Crippen LogP contribution in [0.1, 0.15) is 17.5 Å². The van der Waals surface area contributed by atoms with Gasteiger partial charge in [-0.25, -0.2) is 4.39 Å². The SMILES string of the molecule is Cc1ccc(SCC(=O)N2CCCc3cccc(F)c32)cc1. The molecule has 0 N–H and O–H groups in total. The third-order valence-electron chi connectivity index (χ3n) is 3.85. The van der Waals surface area contributed by atoms with Crippen molar-refractivity contribution in [3.63, 3.8) is 0 Å². The van der Waals surface area contributed by atoms with Gasteiger partial charge in [-0.1, -0.05) is 29.8 Å². The third kappa shape index (κ3) is 3.17. The largest absolute Gasteiger partial charge is 0.309 e. The maximum atomic E-state index is 14.1. The van der Waals surface area contributed by atoms with E-state index in [-0.39, 0.29) is 11.7 Å². The van der Waals surface area contributed by atoms with E-state index in [1.54, 1.807) is 11.0 Å². The molecule has 2 aromatic rings. The predicted molar refractivity (Wildman–Crippen MR) is 89.0 cm³/mol. The lowest BCUT2D eigenvalue weighted by Gasteiger charge is -2.29. The smallest absolute Gasteiger partial charge is 0.237 e. The molecule has 0 radical (unpaired) electrons. The number of halogens is 1. The number of hydrogen-bond acceptors (Lipinski definition) is 2. The second-order valence-corrected chi connectivity index (χ2v) is 6.55. The number of nitrogens with zero attached hydrogens (tertiary/aromatic N) is 1. The van der Waals surface area contributed by atoms with Crippen LogP contribution in [-0.2, 0) is 11.2 Å². The van der Waals surface area contributed by atoms with Crippen LogP contribution in [-0.4, -0.2) is 18.2 Å². The number of rotatable bonds is 3. The molecule has 2 nitrogen and oxygen atoms in total. The van der Waals surface area contributed by atoms with Crippen molar-refractivity contribution in [2.45, 2.75) is 24.7 Å². The van der Waals surface area contributed by atoms with Crippen molar-refractivity contribution in [1.29, 1.82) is 0 Å². The Morgan fingerprint density at radius 2 is 2.00 bits per heavy atom. The highest BCUT2D eigenvalue weighted by molar-refractivity contribution is 8.00. The summed E-state index contributed by atoms with van der Waals surface area (Å²) in [6.45, 7) is 2.63. The summed E-state index contributed by atoms with van der Waals surface area (Å²) in [7, 11) is 0. The highest BCUT2D eigenvalue weighted by Crippen LogP contribution is 2.31. The zero-order valence-corrected chi connectivity index (χ0v) is 13.3. The number of carbonyl (C=O) groups excluding carboxylic acids is 1. The van der Waals surface area contributed by atoms with Crippen molar-refractivity contribution in [1.82, 2.24) is 0 Å². The van der Waals surface area contributed by atoms with E-state index in [2.05, 4.69) is 0 Å². The van der Waals surface area contributed by atoms with Crippen LogP contribution in [0.5, 0.6) is 0 Å². The first-order valence-corrected chi connectivity index (χ1v) is 8.41. The van der Waals surface area contributed by atoms with E-state index < -0.39 is 0 Å². The van der Waals surface area contributed by atoms with E-state index >= 15 is 0 Å². The molecule has 0 aromatic heterocycles. The lowest BCUT2D eigenvalue weighted by molar-refractivity contribution is -0.116. The summed E-state index contributed by atoms with van der Waals surface area (Å²) in [6.07, 6.45) is 1.72. The average Bonchev–Trinajstić information content (AvgIpc) is 2.54. The Labute approximate surface area is 134 Å². The third-order valence-corrected chi connectivity index (χ3v) is 4.85. The molecule has 0 saturated heterocycles. The van der Waals surface area contributed by atoms with Gasteiger partial charge in [-0.05, 0) is 43.5 Å². The van der Waals surface area contributed by atoms with E-state index in [9.17, 15) is 9.18 Å². The first kappa shape index (κ1) is 15.1. The highest BCUT2D eigenvalue weighted by atomic mass is 32.2. The number of fused-ring (bicyclic) bond motifs is 1. The van der Waals surface area contributed by atoms with Gasteiger partial charge in [0.1, 0.15) is 5.82 Å². The fourth-order valence-corrected chi connectivity index (χ4v) is 3.48. The summed E-state index contributed by atoms with van der Waals surface area (Å²) in [4.78, 5) is 15.2. The molecule has 22 heavy (non-hydrogen) atoms. The molecular weight excluding hydrogens is 297 g/mol. The molecule has 114 valence electrons. The first-order chi connectivity index (χ1) is 10.6. The van der Waals surface area contributed by atoms with Crippen molar-refractivity contribution in [2.75, 3.05) is 17.2 Å². The lowest BCUT2D eigenvalue weighted by atomic mass is 10.0. The Balaban J connectivity index is 1.72. The summed E-state index contributed by atoms with van der Waals surface area (Å²) in [5, 5.41) is 0. The van der Waals surface area contributed by atoms with Gasteiger partial charge in [0.05, 0.1) is 11.4 Å². The Morgan fingerprint density at radius 1 is 1.23 bits per heavy atom. The van der Waals surface area contributed by atoms with Gasteiger partial charge in [0.25, 0.3) is 0 Å². The summed E-state index contributed by atoms with van der Waals surface area (Å²) < 4.78 is 14.1. The van der Waals surface area contributed by atoms with Crippen LogP contribution in [0.15, 0.2) is 47.4 Å². The van der Waals surface area contributed by atoms with E-state index in [1.807, 2.05) is 37.3 Å². The number of benzene rings is 2. The first-order valence-electron chi connectivity index (χ1n) is 7.42. The van der Waals surface area contributed by atoms with Crippen LogP contribution in [0.4, 0.5) is 10.1 Å². The zero-order valence-electron chi connectivity index (χ0n) is 12.5. The number of amides is 1. The molecule has 0 aliphatic carbocycles. The fraction of sp³-hybridized carbons (Fsp3) is 0.278. The van der Waals surface area contributed by atoms with Crippen molar-refractivity contribution in [2.24, 2.45) is 0 Å². The van der Waals surface area contributed by atoms with E-state index in [4.69, 9.17) is 0 Å². The van der Waals surface area contributed by atoms with Gasteiger partial charge in [0.2, 0.25) is 5.91 Å². The number of para-hydroxylation sites is 1. The molecule has 0 atom stereocenters. The molecule has 0 fully saturated rings. The van der Waals surface area contributed by atoms with Crippen LogP contribution in [0, 0.1) is 12.7 Å². The minimum atomic E-state index is -0.300. The molecule has 0 bridgehead atoms. The van der Waals surface area contributed by atoms with Gasteiger partial charge in [0.15, 0.2) is 0 Å². The molecule has 1 aliphatic heterocycles. The topological polar surface area (TPSA) is 20.3 Å². The van der Waals surface area contributed by atoms with Crippen LogP contribution < -0.4 is 4.90 Å². The van der Waals surface area contributed by atoms with Crippen LogP contribution in [0.25, 0.3) is 0 Å². The average molecular weight is 315 g/mol. The molecule has 0 unspecified atom stereocenters. The molecule has 1 heterocycles. The zero-order chi connectivity index (χ0) is 15.5. The molecule has 1 aliphatic rings. The number of hydrogen-bond donors (Lipinski definition) is 0. The van der Waals surface area contributed by atoms with Gasteiger partial charge in [-0.3, -0.25) is 4.79 Å². The molecule has 0 saturated carbocycles. The Bertz CT molecular complexity index is 684. The number of carbonyl (C=O) groups is 1. The molecule has 2 aromatic carbocycles. The quantitative estimate of drug-likeness (QED) is 0.791. The standard InChI is InChI=1S/C18H18FNOS/c1-13-7-9-15(10-8-13)22-12-17(21)20-11-3-5-14-4-2-6-16(19)18(14)20/h2,4,6-10H,3,5,11-12H2,1H3. The van der Waals surface area contributed by atoms with Crippen molar-refractivity contribution in [3.05, 3.63) is 59.4 Å². The minimum Gasteiger partial charge on any atom is -0.309 e. The van der Waals surface area contributed by atoms with E-state index in [0.29, 0.717) is 18.0 Å². The van der Waals surface area contributed by atoms with E-state index in [1.165, 1.54) is 23.4 Å². The monoisotopic (exact) mass is 315 g/mol.